The van der Waals surface area contributed by atoms with Crippen molar-refractivity contribution >= 4 is 37.6 Å². The first-order valence-corrected chi connectivity index (χ1v) is 12.2. The molecule has 1 aliphatic heterocycles. The second-order valence-corrected chi connectivity index (χ2v) is 9.97. The highest BCUT2D eigenvalue weighted by Crippen LogP contribution is 2.29. The van der Waals surface area contributed by atoms with E-state index >= 15 is 0 Å². The third-order valence-electron chi connectivity index (χ3n) is 5.57. The smallest absolute Gasteiger partial charge is 0.408 e. The van der Waals surface area contributed by atoms with Crippen LogP contribution in [0, 0.1) is 0 Å². The Hall–Kier alpha value is -2.95. The molecule has 0 fully saturated rings. The average Bonchev–Trinajstić information content (AvgIpc) is 3.38. The van der Waals surface area contributed by atoms with Gasteiger partial charge in [-0.15, -0.1) is 11.3 Å². The molecule has 0 aliphatic carbocycles. The van der Waals surface area contributed by atoms with E-state index in [1.807, 2.05) is 19.1 Å². The summed E-state index contributed by atoms with van der Waals surface area (Å²) < 4.78 is 34.8. The summed E-state index contributed by atoms with van der Waals surface area (Å²) in [6.45, 7) is 3.64. The van der Waals surface area contributed by atoms with Crippen molar-refractivity contribution in [2.75, 3.05) is 11.3 Å². The number of anilines is 1. The minimum Gasteiger partial charge on any atom is -0.408 e. The normalized spacial score (nSPS) is 15.0. The van der Waals surface area contributed by atoms with Crippen LogP contribution in [0.1, 0.15) is 29.7 Å². The largest absolute Gasteiger partial charge is 0.420 e. The van der Waals surface area contributed by atoms with Gasteiger partial charge in [0.1, 0.15) is 0 Å². The number of fused-ring (bicyclic) bond motifs is 2. The maximum Gasteiger partial charge on any atom is 0.420 e. The molecule has 0 amide bonds. The fourth-order valence-electron chi connectivity index (χ4n) is 4.07. The molecule has 0 saturated heterocycles. The van der Waals surface area contributed by atoms with E-state index in [-0.39, 0.29) is 21.7 Å². The molecule has 0 unspecified atom stereocenters. The Morgan fingerprint density at radius 1 is 1.29 bits per heavy atom. The van der Waals surface area contributed by atoms with E-state index in [1.54, 1.807) is 16.0 Å². The molecule has 2 aromatic carbocycles. The Balaban J connectivity index is 1.56. The van der Waals surface area contributed by atoms with Crippen LogP contribution in [-0.2, 0) is 23.0 Å². The highest BCUT2D eigenvalue weighted by Gasteiger charge is 2.23. The van der Waals surface area contributed by atoms with Crippen LogP contribution in [0.3, 0.4) is 0 Å². The van der Waals surface area contributed by atoms with Gasteiger partial charge in [-0.1, -0.05) is 18.2 Å². The molecule has 1 atom stereocenters. The summed E-state index contributed by atoms with van der Waals surface area (Å²) in [5, 5.41) is 5.34. The second-order valence-electron chi connectivity index (χ2n) is 7.40. The Labute approximate surface area is 182 Å². The number of hydrogen-bond acceptors (Lipinski definition) is 7. The lowest BCUT2D eigenvalue weighted by atomic mass is 9.92. The van der Waals surface area contributed by atoms with Gasteiger partial charge in [0.05, 0.1) is 16.5 Å². The van der Waals surface area contributed by atoms with Crippen molar-refractivity contribution < 1.29 is 12.8 Å². The van der Waals surface area contributed by atoms with Crippen LogP contribution in [0.25, 0.3) is 11.1 Å². The number of hydrogen-bond donors (Lipinski definition) is 2. The lowest BCUT2D eigenvalue weighted by Gasteiger charge is -2.24. The van der Waals surface area contributed by atoms with Crippen LogP contribution in [0.4, 0.5) is 5.13 Å². The number of aromatic nitrogens is 2. The summed E-state index contributed by atoms with van der Waals surface area (Å²) in [4.78, 5) is 16.7. The lowest BCUT2D eigenvalue weighted by Crippen LogP contribution is -2.27. The Bertz CT molecular complexity index is 1420. The quantitative estimate of drug-likeness (QED) is 0.478. The molecule has 2 aromatic heterocycles. The summed E-state index contributed by atoms with van der Waals surface area (Å²) in [6.07, 6.45) is 2.47. The zero-order chi connectivity index (χ0) is 21.6. The van der Waals surface area contributed by atoms with Crippen LogP contribution in [0.2, 0.25) is 0 Å². The molecule has 0 spiro atoms. The summed E-state index contributed by atoms with van der Waals surface area (Å²) in [5.74, 6) is -0.522. The van der Waals surface area contributed by atoms with E-state index in [4.69, 9.17) is 4.42 Å². The highest BCUT2D eigenvalue weighted by atomic mass is 32.2. The van der Waals surface area contributed by atoms with Crippen LogP contribution in [0.5, 0.6) is 0 Å². The van der Waals surface area contributed by atoms with Crippen molar-refractivity contribution in [1.29, 1.82) is 0 Å². The van der Waals surface area contributed by atoms with Gasteiger partial charge < -0.3 is 9.73 Å². The van der Waals surface area contributed by atoms with Crippen molar-refractivity contribution in [3.8, 4) is 0 Å². The third kappa shape index (κ3) is 3.56. The van der Waals surface area contributed by atoms with E-state index in [9.17, 15) is 13.2 Å². The summed E-state index contributed by atoms with van der Waals surface area (Å²) in [7, 11) is -3.84. The van der Waals surface area contributed by atoms with Gasteiger partial charge in [0.2, 0.25) is 0 Å². The molecule has 3 heterocycles. The molecule has 31 heavy (non-hydrogen) atoms. The van der Waals surface area contributed by atoms with E-state index in [1.165, 1.54) is 40.8 Å². The number of benzene rings is 2. The van der Waals surface area contributed by atoms with Crippen molar-refractivity contribution in [2.45, 2.75) is 30.8 Å². The van der Waals surface area contributed by atoms with Crippen molar-refractivity contribution in [2.24, 2.45) is 0 Å². The standard InChI is InChI=1S/C21H20N4O4S2/c1-13(16-4-2-3-14-7-8-22-12-17(14)16)25-18-6-5-15(11-19(18)29-21(25)26)31(27,28)24-20-23-9-10-30-20/h2-6,9-11,13,22H,7-8,12H2,1H3,(H,23,24)/t13-/m1/s1. The van der Waals surface area contributed by atoms with Crippen molar-refractivity contribution in [3.05, 3.63) is 75.2 Å². The average molecular weight is 457 g/mol. The molecule has 10 heteroatoms. The molecule has 1 aliphatic rings. The minimum absolute atomic E-state index is 0.00467. The molecule has 160 valence electrons. The number of sulfonamides is 1. The van der Waals surface area contributed by atoms with Crippen molar-refractivity contribution in [1.82, 2.24) is 14.9 Å². The number of nitrogens with zero attached hydrogens (tertiary/aromatic N) is 2. The molecular formula is C21H20N4O4S2. The lowest BCUT2D eigenvalue weighted by molar-refractivity contribution is 0.486. The number of rotatable bonds is 5. The van der Waals surface area contributed by atoms with Crippen LogP contribution < -0.4 is 15.8 Å². The number of nitrogens with one attached hydrogen (secondary N) is 2. The van der Waals surface area contributed by atoms with Gasteiger partial charge in [-0.2, -0.15) is 0 Å². The van der Waals surface area contributed by atoms with Gasteiger partial charge in [-0.05, 0) is 48.7 Å². The van der Waals surface area contributed by atoms with Gasteiger partial charge >= 0.3 is 5.76 Å². The Kier molecular flexibility index (Phi) is 4.92. The van der Waals surface area contributed by atoms with Gasteiger partial charge in [0.25, 0.3) is 10.0 Å². The van der Waals surface area contributed by atoms with Crippen LogP contribution in [0.15, 0.2) is 62.1 Å². The predicted molar refractivity (Wildman–Crippen MR) is 119 cm³/mol. The van der Waals surface area contributed by atoms with E-state index in [2.05, 4.69) is 21.1 Å². The van der Waals surface area contributed by atoms with E-state index in [0.717, 1.165) is 25.1 Å². The van der Waals surface area contributed by atoms with Gasteiger partial charge in [-0.25, -0.2) is 18.2 Å². The number of thiazole rings is 1. The summed E-state index contributed by atoms with van der Waals surface area (Å²) in [6, 6.07) is 10.3. The first kappa shape index (κ1) is 20.0. The molecule has 8 nitrogen and oxygen atoms in total. The summed E-state index contributed by atoms with van der Waals surface area (Å²) >= 11 is 1.18. The SMILES string of the molecule is C[C@H](c1cccc2c1CNCC2)n1c(=O)oc2cc(S(=O)(=O)Nc3nccs3)ccc21. The molecular weight excluding hydrogens is 436 g/mol. The number of oxazole rings is 1. The van der Waals surface area contributed by atoms with Crippen LogP contribution >= 0.6 is 11.3 Å². The fourth-order valence-corrected chi connectivity index (χ4v) is 5.87. The Morgan fingerprint density at radius 3 is 2.97 bits per heavy atom. The van der Waals surface area contributed by atoms with Gasteiger partial charge in [0, 0.05) is 24.2 Å². The zero-order valence-corrected chi connectivity index (χ0v) is 18.3. The first-order chi connectivity index (χ1) is 14.9. The third-order valence-corrected chi connectivity index (χ3v) is 7.72. The molecule has 0 radical (unpaired) electrons. The maximum atomic E-state index is 12.7. The molecule has 4 aromatic rings. The van der Waals surface area contributed by atoms with Crippen LogP contribution in [-0.4, -0.2) is 24.5 Å². The highest BCUT2D eigenvalue weighted by molar-refractivity contribution is 7.93. The molecule has 5 rings (SSSR count). The molecule has 0 bridgehead atoms. The van der Waals surface area contributed by atoms with E-state index < -0.39 is 15.8 Å². The predicted octanol–water partition coefficient (Wildman–Crippen LogP) is 3.11. The maximum absolute atomic E-state index is 12.7. The zero-order valence-electron chi connectivity index (χ0n) is 16.7. The topological polar surface area (TPSA) is 106 Å². The summed E-state index contributed by atoms with van der Waals surface area (Å²) in [5.41, 5.74) is 4.31. The van der Waals surface area contributed by atoms with Crippen molar-refractivity contribution in [3.63, 3.8) is 0 Å². The Morgan fingerprint density at radius 2 is 2.16 bits per heavy atom. The minimum atomic E-state index is -3.84. The second kappa shape index (κ2) is 7.63. The fraction of sp³-hybridized carbons (Fsp3) is 0.238. The monoisotopic (exact) mass is 456 g/mol. The molecule has 2 N–H and O–H groups in total. The first-order valence-electron chi connectivity index (χ1n) is 9.83. The van der Waals surface area contributed by atoms with E-state index in [0.29, 0.717) is 5.52 Å². The van der Waals surface area contributed by atoms with Gasteiger partial charge in [-0.3, -0.25) is 9.29 Å². The van der Waals surface area contributed by atoms with Gasteiger partial charge in [0.15, 0.2) is 10.7 Å². The molecule has 0 saturated carbocycles.